The fourth-order valence-corrected chi connectivity index (χ4v) is 1.81. The fraction of sp³-hybridized carbons (Fsp3) is 0.533. The number of ether oxygens (including phenoxy) is 1. The molecule has 4 heteroatoms. The van der Waals surface area contributed by atoms with E-state index in [0.717, 1.165) is 11.1 Å². The SMILES string of the molecule is CCN(CC)C(=O)OC(C)C(O)c1ccc(C)cc1. The molecule has 0 saturated carbocycles. The van der Waals surface area contributed by atoms with Gasteiger partial charge < -0.3 is 14.7 Å². The number of aryl methyl sites for hydroxylation is 1. The first-order valence-corrected chi connectivity index (χ1v) is 6.69. The normalized spacial score (nSPS) is 13.7. The number of aliphatic hydroxyl groups excluding tert-OH is 1. The van der Waals surface area contributed by atoms with Crippen molar-refractivity contribution in [2.24, 2.45) is 0 Å². The third kappa shape index (κ3) is 4.24. The van der Waals surface area contributed by atoms with Gasteiger partial charge in [0.05, 0.1) is 0 Å². The third-order valence-electron chi connectivity index (χ3n) is 3.17. The Bertz CT molecular complexity index is 398. The molecular formula is C15H23NO3. The Morgan fingerprint density at radius 1 is 1.26 bits per heavy atom. The second kappa shape index (κ2) is 7.14. The molecule has 0 radical (unpaired) electrons. The Balaban J connectivity index is 2.64. The molecule has 0 saturated heterocycles. The van der Waals surface area contributed by atoms with E-state index in [4.69, 9.17) is 4.74 Å². The summed E-state index contributed by atoms with van der Waals surface area (Å²) >= 11 is 0. The topological polar surface area (TPSA) is 49.8 Å². The number of aliphatic hydroxyl groups is 1. The average Bonchev–Trinajstić information content (AvgIpc) is 2.40. The third-order valence-corrected chi connectivity index (χ3v) is 3.17. The number of hydrogen-bond donors (Lipinski definition) is 1. The molecule has 19 heavy (non-hydrogen) atoms. The van der Waals surface area contributed by atoms with Crippen molar-refractivity contribution in [1.82, 2.24) is 4.90 Å². The second-order valence-corrected chi connectivity index (χ2v) is 4.62. The number of nitrogens with zero attached hydrogens (tertiary/aromatic N) is 1. The monoisotopic (exact) mass is 265 g/mol. The molecular weight excluding hydrogens is 242 g/mol. The van der Waals surface area contributed by atoms with Gasteiger partial charge in [0.25, 0.3) is 0 Å². The molecule has 0 aliphatic heterocycles. The highest BCUT2D eigenvalue weighted by Gasteiger charge is 2.22. The van der Waals surface area contributed by atoms with Crippen molar-refractivity contribution in [1.29, 1.82) is 0 Å². The van der Waals surface area contributed by atoms with Gasteiger partial charge in [0.15, 0.2) is 0 Å². The van der Waals surface area contributed by atoms with Crippen LogP contribution in [0.2, 0.25) is 0 Å². The molecule has 1 aromatic carbocycles. The van der Waals surface area contributed by atoms with Gasteiger partial charge in [0.2, 0.25) is 0 Å². The van der Waals surface area contributed by atoms with E-state index in [1.165, 1.54) is 0 Å². The predicted molar refractivity (Wildman–Crippen MR) is 75.0 cm³/mol. The lowest BCUT2D eigenvalue weighted by molar-refractivity contribution is -0.00247. The lowest BCUT2D eigenvalue weighted by Crippen LogP contribution is -2.35. The van der Waals surface area contributed by atoms with Crippen LogP contribution in [0.15, 0.2) is 24.3 Å². The zero-order valence-corrected chi connectivity index (χ0v) is 12.1. The zero-order valence-electron chi connectivity index (χ0n) is 12.1. The van der Waals surface area contributed by atoms with Crippen molar-refractivity contribution < 1.29 is 14.6 Å². The van der Waals surface area contributed by atoms with Crippen molar-refractivity contribution in [3.05, 3.63) is 35.4 Å². The molecule has 0 heterocycles. The standard InChI is InChI=1S/C15H23NO3/c1-5-16(6-2)15(18)19-12(4)14(17)13-9-7-11(3)8-10-13/h7-10,12,14,17H,5-6H2,1-4H3. The smallest absolute Gasteiger partial charge is 0.410 e. The van der Waals surface area contributed by atoms with Crippen molar-refractivity contribution in [3.8, 4) is 0 Å². The molecule has 2 atom stereocenters. The maximum absolute atomic E-state index is 11.8. The van der Waals surface area contributed by atoms with Crippen LogP contribution in [0, 0.1) is 6.92 Å². The van der Waals surface area contributed by atoms with Gasteiger partial charge >= 0.3 is 6.09 Å². The van der Waals surface area contributed by atoms with E-state index in [2.05, 4.69) is 0 Å². The Morgan fingerprint density at radius 2 is 1.79 bits per heavy atom. The maximum atomic E-state index is 11.8. The van der Waals surface area contributed by atoms with Crippen LogP contribution in [0.25, 0.3) is 0 Å². The molecule has 1 rings (SSSR count). The van der Waals surface area contributed by atoms with Crippen LogP contribution >= 0.6 is 0 Å². The van der Waals surface area contributed by atoms with Gasteiger partial charge in [-0.25, -0.2) is 4.79 Å². The van der Waals surface area contributed by atoms with E-state index in [1.54, 1.807) is 11.8 Å². The Hall–Kier alpha value is -1.55. The van der Waals surface area contributed by atoms with Crippen molar-refractivity contribution in [3.63, 3.8) is 0 Å². The highest BCUT2D eigenvalue weighted by atomic mass is 16.6. The molecule has 0 spiro atoms. The van der Waals surface area contributed by atoms with E-state index < -0.39 is 12.2 Å². The Morgan fingerprint density at radius 3 is 2.26 bits per heavy atom. The van der Waals surface area contributed by atoms with Gasteiger partial charge in [-0.3, -0.25) is 0 Å². The number of amides is 1. The summed E-state index contributed by atoms with van der Waals surface area (Å²) in [6, 6.07) is 7.55. The fourth-order valence-electron chi connectivity index (χ4n) is 1.81. The molecule has 106 valence electrons. The van der Waals surface area contributed by atoms with E-state index in [9.17, 15) is 9.90 Å². The van der Waals surface area contributed by atoms with Crippen LogP contribution in [0.5, 0.6) is 0 Å². The van der Waals surface area contributed by atoms with Gasteiger partial charge in [-0.1, -0.05) is 29.8 Å². The second-order valence-electron chi connectivity index (χ2n) is 4.62. The van der Waals surface area contributed by atoms with Gasteiger partial charge in [-0.05, 0) is 33.3 Å². The molecule has 4 nitrogen and oxygen atoms in total. The largest absolute Gasteiger partial charge is 0.443 e. The molecule has 2 unspecified atom stereocenters. The molecule has 1 N–H and O–H groups in total. The Labute approximate surface area is 115 Å². The first-order chi connectivity index (χ1) is 8.99. The minimum absolute atomic E-state index is 0.385. The van der Waals surface area contributed by atoms with E-state index in [0.29, 0.717) is 13.1 Å². The summed E-state index contributed by atoms with van der Waals surface area (Å²) < 4.78 is 5.28. The quantitative estimate of drug-likeness (QED) is 0.890. The molecule has 0 bridgehead atoms. The number of carbonyl (C=O) groups excluding carboxylic acids is 1. The number of hydrogen-bond acceptors (Lipinski definition) is 3. The van der Waals surface area contributed by atoms with Crippen LogP contribution in [0.3, 0.4) is 0 Å². The molecule has 1 aromatic rings. The maximum Gasteiger partial charge on any atom is 0.410 e. The summed E-state index contributed by atoms with van der Waals surface area (Å²) in [5.74, 6) is 0. The van der Waals surface area contributed by atoms with Crippen molar-refractivity contribution >= 4 is 6.09 Å². The molecule has 0 aliphatic rings. The minimum Gasteiger partial charge on any atom is -0.443 e. The van der Waals surface area contributed by atoms with Crippen molar-refractivity contribution in [2.45, 2.75) is 39.9 Å². The van der Waals surface area contributed by atoms with E-state index >= 15 is 0 Å². The molecule has 0 aliphatic carbocycles. The van der Waals surface area contributed by atoms with Crippen LogP contribution in [0.1, 0.15) is 38.0 Å². The summed E-state index contributed by atoms with van der Waals surface area (Å²) in [6.45, 7) is 8.68. The predicted octanol–water partition coefficient (Wildman–Crippen LogP) is 2.90. The van der Waals surface area contributed by atoms with E-state index in [-0.39, 0.29) is 6.09 Å². The van der Waals surface area contributed by atoms with Gasteiger partial charge in [0, 0.05) is 13.1 Å². The van der Waals surface area contributed by atoms with Crippen LogP contribution in [-0.2, 0) is 4.74 Å². The lowest BCUT2D eigenvalue weighted by atomic mass is 10.0. The van der Waals surface area contributed by atoms with Gasteiger partial charge in [-0.15, -0.1) is 0 Å². The average molecular weight is 265 g/mol. The highest BCUT2D eigenvalue weighted by molar-refractivity contribution is 5.67. The van der Waals surface area contributed by atoms with E-state index in [1.807, 2.05) is 45.0 Å². The summed E-state index contributed by atoms with van der Waals surface area (Å²) in [4.78, 5) is 13.4. The summed E-state index contributed by atoms with van der Waals surface area (Å²) in [5, 5.41) is 10.2. The van der Waals surface area contributed by atoms with Crippen LogP contribution in [0.4, 0.5) is 4.79 Å². The first kappa shape index (κ1) is 15.5. The van der Waals surface area contributed by atoms with Crippen LogP contribution in [-0.4, -0.2) is 35.3 Å². The first-order valence-electron chi connectivity index (χ1n) is 6.69. The summed E-state index contributed by atoms with van der Waals surface area (Å²) in [6.07, 6.45) is -1.76. The number of rotatable bonds is 5. The summed E-state index contributed by atoms with van der Waals surface area (Å²) in [7, 11) is 0. The molecule has 0 aromatic heterocycles. The van der Waals surface area contributed by atoms with Gasteiger partial charge in [0.1, 0.15) is 12.2 Å². The van der Waals surface area contributed by atoms with Crippen molar-refractivity contribution in [2.75, 3.05) is 13.1 Å². The molecule has 0 fully saturated rings. The Kier molecular flexibility index (Phi) is 5.83. The molecule has 1 amide bonds. The zero-order chi connectivity index (χ0) is 14.4. The van der Waals surface area contributed by atoms with Gasteiger partial charge in [-0.2, -0.15) is 0 Å². The summed E-state index contributed by atoms with van der Waals surface area (Å²) in [5.41, 5.74) is 1.88. The number of benzene rings is 1. The minimum atomic E-state index is -0.805. The highest BCUT2D eigenvalue weighted by Crippen LogP contribution is 2.20. The lowest BCUT2D eigenvalue weighted by Gasteiger charge is -2.24. The number of carbonyl (C=O) groups is 1. The van der Waals surface area contributed by atoms with Crippen LogP contribution < -0.4 is 0 Å².